The second kappa shape index (κ2) is 30.1. The summed E-state index contributed by atoms with van der Waals surface area (Å²) in [4.78, 5) is 0. The lowest BCUT2D eigenvalue weighted by atomic mass is 9.89. The zero-order valence-electron chi connectivity index (χ0n) is 40.6. The highest BCUT2D eigenvalue weighted by atomic mass is 16.3. The monoisotopic (exact) mass is 803 g/mol. The number of hydrogen-bond donors (Lipinski definition) is 2. The first kappa shape index (κ1) is 52.2. The number of phenols is 2. The van der Waals surface area contributed by atoms with Gasteiger partial charge in [-0.3, -0.25) is 0 Å². The third-order valence-corrected chi connectivity index (χ3v) is 14.3. The Hall–Kier alpha value is -1.96. The van der Waals surface area contributed by atoms with E-state index in [-0.39, 0.29) is 0 Å². The van der Waals surface area contributed by atoms with E-state index in [0.29, 0.717) is 17.4 Å². The van der Waals surface area contributed by atoms with Crippen LogP contribution in [0.15, 0.2) is 35.9 Å². The molecule has 334 valence electrons. The number of phenolic OH excluding ortho intramolecular Hbond substituents is 2. The predicted octanol–water partition coefficient (Wildman–Crippen LogP) is 18.5. The van der Waals surface area contributed by atoms with Crippen LogP contribution in [-0.4, -0.2) is 10.2 Å². The molecule has 0 aliphatic rings. The molecule has 0 aliphatic carbocycles. The molecule has 0 spiro atoms. The van der Waals surface area contributed by atoms with Gasteiger partial charge in [-0.1, -0.05) is 220 Å². The molecule has 58 heavy (non-hydrogen) atoms. The van der Waals surface area contributed by atoms with E-state index in [0.717, 1.165) is 76.2 Å². The average molecular weight is 803 g/mol. The summed E-state index contributed by atoms with van der Waals surface area (Å²) in [6, 6.07) is 7.62. The SMILES string of the molecule is C/C(=C\CCC(C)CCCC(C)CCc1c(C)c(O)c2ccccc2c1O)CCCC(C)CCCC(C)CCCC(C)CCCC(C)CCCC(C)CCCC(C)C. The summed E-state index contributed by atoms with van der Waals surface area (Å²) in [7, 11) is 0. The highest BCUT2D eigenvalue weighted by molar-refractivity contribution is 5.95. The molecule has 2 nitrogen and oxygen atoms in total. The first-order valence-electron chi connectivity index (χ1n) is 25.2. The van der Waals surface area contributed by atoms with Gasteiger partial charge in [0.2, 0.25) is 0 Å². The molecule has 2 heteroatoms. The summed E-state index contributed by atoms with van der Waals surface area (Å²) in [5.74, 6) is 7.38. The Bertz CT molecular complexity index is 1370. The second-order valence-electron chi connectivity index (χ2n) is 21.1. The molecule has 2 rings (SSSR count). The summed E-state index contributed by atoms with van der Waals surface area (Å²) >= 11 is 0. The molecule has 0 bridgehead atoms. The Kier molecular flexibility index (Phi) is 27.1. The van der Waals surface area contributed by atoms with Crippen molar-refractivity contribution < 1.29 is 10.2 Å². The first-order valence-corrected chi connectivity index (χ1v) is 25.2. The summed E-state index contributed by atoms with van der Waals surface area (Å²) in [6.07, 6.45) is 36.1. The van der Waals surface area contributed by atoms with Crippen LogP contribution in [0.2, 0.25) is 0 Å². The molecule has 2 aromatic carbocycles. The van der Waals surface area contributed by atoms with E-state index in [2.05, 4.69) is 75.3 Å². The highest BCUT2D eigenvalue weighted by Gasteiger charge is 2.17. The van der Waals surface area contributed by atoms with Crippen molar-refractivity contribution >= 4 is 10.8 Å². The number of hydrogen-bond acceptors (Lipinski definition) is 2. The number of fused-ring (bicyclic) bond motifs is 1. The maximum absolute atomic E-state index is 10.9. The number of rotatable bonds is 34. The molecule has 0 radical (unpaired) electrons. The molecular formula is C56H98O2. The van der Waals surface area contributed by atoms with Gasteiger partial charge in [0, 0.05) is 16.3 Å². The lowest BCUT2D eigenvalue weighted by Gasteiger charge is -2.17. The van der Waals surface area contributed by atoms with Crippen molar-refractivity contribution in [3.05, 3.63) is 47.0 Å². The fourth-order valence-electron chi connectivity index (χ4n) is 9.68. The first-order chi connectivity index (χ1) is 27.7. The molecule has 2 aromatic rings. The summed E-state index contributed by atoms with van der Waals surface area (Å²) < 4.78 is 0. The smallest absolute Gasteiger partial charge is 0.127 e. The minimum atomic E-state index is 0.314. The Labute approximate surface area is 362 Å². The summed E-state index contributed by atoms with van der Waals surface area (Å²) in [6.45, 7) is 26.3. The zero-order valence-corrected chi connectivity index (χ0v) is 40.6. The molecule has 7 unspecified atom stereocenters. The minimum absolute atomic E-state index is 0.314. The third kappa shape index (κ3) is 22.6. The Morgan fingerprint density at radius 2 is 0.810 bits per heavy atom. The van der Waals surface area contributed by atoms with E-state index in [1.807, 2.05) is 31.2 Å². The topological polar surface area (TPSA) is 40.5 Å². The van der Waals surface area contributed by atoms with Crippen molar-refractivity contribution in [3.8, 4) is 11.5 Å². The van der Waals surface area contributed by atoms with E-state index < -0.39 is 0 Å². The maximum Gasteiger partial charge on any atom is 0.127 e. The molecule has 0 saturated carbocycles. The summed E-state index contributed by atoms with van der Waals surface area (Å²) in [5, 5.41) is 23.1. The van der Waals surface area contributed by atoms with Gasteiger partial charge in [-0.05, 0) is 105 Å². The zero-order chi connectivity index (χ0) is 42.9. The van der Waals surface area contributed by atoms with Crippen molar-refractivity contribution in [2.24, 2.45) is 47.3 Å². The number of benzene rings is 2. The normalized spacial score (nSPS) is 16.1. The number of allylic oxidation sites excluding steroid dienone is 2. The molecule has 0 heterocycles. The fraction of sp³-hybridized carbons (Fsp3) is 0.786. The van der Waals surface area contributed by atoms with Crippen LogP contribution in [0.5, 0.6) is 11.5 Å². The van der Waals surface area contributed by atoms with Gasteiger partial charge >= 0.3 is 0 Å². The van der Waals surface area contributed by atoms with Gasteiger partial charge in [-0.15, -0.1) is 0 Å². The molecule has 0 amide bonds. The van der Waals surface area contributed by atoms with Gasteiger partial charge in [0.05, 0.1) is 0 Å². The van der Waals surface area contributed by atoms with E-state index in [4.69, 9.17) is 0 Å². The molecule has 0 saturated heterocycles. The van der Waals surface area contributed by atoms with Crippen molar-refractivity contribution in [2.45, 2.75) is 237 Å². The van der Waals surface area contributed by atoms with Gasteiger partial charge in [-0.2, -0.15) is 0 Å². The molecule has 0 aromatic heterocycles. The van der Waals surface area contributed by atoms with E-state index in [9.17, 15) is 10.2 Å². The van der Waals surface area contributed by atoms with E-state index >= 15 is 0 Å². The van der Waals surface area contributed by atoms with Crippen molar-refractivity contribution in [2.75, 3.05) is 0 Å². The quantitative estimate of drug-likeness (QED) is 0.0547. The van der Waals surface area contributed by atoms with Crippen LogP contribution in [0.4, 0.5) is 0 Å². The minimum Gasteiger partial charge on any atom is -0.507 e. The van der Waals surface area contributed by atoms with Crippen molar-refractivity contribution in [3.63, 3.8) is 0 Å². The van der Waals surface area contributed by atoms with Crippen LogP contribution < -0.4 is 0 Å². The molecule has 2 N–H and O–H groups in total. The van der Waals surface area contributed by atoms with Crippen LogP contribution in [0.25, 0.3) is 10.8 Å². The second-order valence-corrected chi connectivity index (χ2v) is 21.1. The molecule has 0 aliphatic heterocycles. The summed E-state index contributed by atoms with van der Waals surface area (Å²) in [5.41, 5.74) is 3.33. The van der Waals surface area contributed by atoms with Gasteiger partial charge < -0.3 is 10.2 Å². The number of aromatic hydroxyl groups is 2. The molecular weight excluding hydrogens is 705 g/mol. The fourth-order valence-corrected chi connectivity index (χ4v) is 9.68. The third-order valence-electron chi connectivity index (χ3n) is 14.3. The van der Waals surface area contributed by atoms with Gasteiger partial charge in [0.25, 0.3) is 0 Å². The van der Waals surface area contributed by atoms with Crippen LogP contribution in [0.1, 0.15) is 234 Å². The lowest BCUT2D eigenvalue weighted by Crippen LogP contribution is -2.03. The average Bonchev–Trinajstić information content (AvgIpc) is 3.17. The molecule has 7 atom stereocenters. The standard InChI is InChI=1S/C56H98O2/c1-42(2)22-14-23-43(3)24-15-25-44(4)26-16-27-45(5)28-17-29-46(6)30-18-31-47(7)32-19-33-48(8)34-20-35-49(9)36-21-37-50(10)40-41-52-51(11)55(57)53-38-12-13-39-54(53)56(52)58/h12-13,34,38-39,42-47,49-50,57-58H,14-33,35-37,40-41H2,1-11H3/b48-34+. The van der Waals surface area contributed by atoms with E-state index in [1.165, 1.54) is 148 Å². The van der Waals surface area contributed by atoms with Gasteiger partial charge in [0.15, 0.2) is 0 Å². The largest absolute Gasteiger partial charge is 0.507 e. The van der Waals surface area contributed by atoms with Crippen LogP contribution >= 0.6 is 0 Å². The highest BCUT2D eigenvalue weighted by Crippen LogP contribution is 2.40. The molecule has 0 fully saturated rings. The van der Waals surface area contributed by atoms with Crippen molar-refractivity contribution in [1.82, 2.24) is 0 Å². The maximum atomic E-state index is 10.9. The van der Waals surface area contributed by atoms with Crippen LogP contribution in [0.3, 0.4) is 0 Å². The Morgan fingerprint density at radius 3 is 1.22 bits per heavy atom. The Morgan fingerprint density at radius 1 is 0.466 bits per heavy atom. The van der Waals surface area contributed by atoms with Crippen LogP contribution in [0, 0.1) is 54.3 Å². The van der Waals surface area contributed by atoms with Crippen molar-refractivity contribution in [1.29, 1.82) is 0 Å². The van der Waals surface area contributed by atoms with Crippen LogP contribution in [-0.2, 0) is 6.42 Å². The van der Waals surface area contributed by atoms with E-state index in [1.54, 1.807) is 5.57 Å². The van der Waals surface area contributed by atoms with Gasteiger partial charge in [-0.25, -0.2) is 0 Å². The predicted molar refractivity (Wildman–Crippen MR) is 259 cm³/mol. The lowest BCUT2D eigenvalue weighted by molar-refractivity contribution is 0.359. The Balaban J connectivity index is 1.45. The van der Waals surface area contributed by atoms with Gasteiger partial charge in [0.1, 0.15) is 11.5 Å².